The van der Waals surface area contributed by atoms with Gasteiger partial charge in [0.1, 0.15) is 0 Å². The van der Waals surface area contributed by atoms with Gasteiger partial charge in [0.25, 0.3) is 0 Å². The molecule has 1 aromatic carbocycles. The molecule has 3 atom stereocenters. The van der Waals surface area contributed by atoms with Gasteiger partial charge in [-0.05, 0) is 47.9 Å². The lowest BCUT2D eigenvalue weighted by Crippen LogP contribution is -2.22. The van der Waals surface area contributed by atoms with Gasteiger partial charge in [0.15, 0.2) is 11.5 Å². The van der Waals surface area contributed by atoms with E-state index in [0.29, 0.717) is 11.5 Å². The fourth-order valence-corrected chi connectivity index (χ4v) is 3.71. The zero-order valence-electron chi connectivity index (χ0n) is 12.0. The van der Waals surface area contributed by atoms with Crippen LogP contribution in [0.15, 0.2) is 23.3 Å². The van der Waals surface area contributed by atoms with Crippen molar-refractivity contribution in [1.82, 2.24) is 5.43 Å². The molecule has 0 spiro atoms. The Balaban J connectivity index is 1.59. The van der Waals surface area contributed by atoms with Gasteiger partial charge in [0.05, 0.1) is 6.21 Å². The number of carbonyl (C=O) groups is 1. The molecule has 0 aliphatic heterocycles. The van der Waals surface area contributed by atoms with Crippen LogP contribution in [0.3, 0.4) is 0 Å². The molecule has 0 bridgehead atoms. The Bertz CT molecular complexity index is 599. The molecule has 2 aliphatic rings. The number of hydrazone groups is 1. The number of nitrogens with one attached hydrogen (secondary N) is 1. The van der Waals surface area contributed by atoms with Crippen LogP contribution in [-0.4, -0.2) is 22.3 Å². The second-order valence-electron chi connectivity index (χ2n) is 6.32. The normalized spacial score (nSPS) is 30.9. The predicted molar refractivity (Wildman–Crippen MR) is 79.1 cm³/mol. The Morgan fingerprint density at radius 2 is 2.19 bits per heavy atom. The molecule has 5 heteroatoms. The molecule has 1 amide bonds. The van der Waals surface area contributed by atoms with Crippen molar-refractivity contribution in [2.45, 2.75) is 32.6 Å². The van der Waals surface area contributed by atoms with E-state index in [9.17, 15) is 15.0 Å². The fourth-order valence-electron chi connectivity index (χ4n) is 3.71. The van der Waals surface area contributed by atoms with Crippen molar-refractivity contribution >= 4 is 12.1 Å². The van der Waals surface area contributed by atoms with Crippen molar-refractivity contribution in [2.75, 3.05) is 0 Å². The highest BCUT2D eigenvalue weighted by atomic mass is 16.3. The number of phenolic OH excluding ortho intramolecular Hbond substituents is 2. The molecule has 3 N–H and O–H groups in total. The standard InChI is InChI=1S/C16H20N2O3/c1-16-7-3-2-4-11(16)14(16)15(21)18-17-9-10-5-6-12(19)13(20)8-10/h5-6,8-9,11,14,19-20H,2-4,7H2,1H3,(H,18,21)/b17-9+/t11-,14+,16-/m1/s1. The van der Waals surface area contributed by atoms with Crippen molar-refractivity contribution in [3.05, 3.63) is 23.8 Å². The Labute approximate surface area is 123 Å². The van der Waals surface area contributed by atoms with E-state index in [1.165, 1.54) is 31.2 Å². The number of hydrogen-bond donors (Lipinski definition) is 3. The van der Waals surface area contributed by atoms with Crippen molar-refractivity contribution in [1.29, 1.82) is 0 Å². The van der Waals surface area contributed by atoms with Gasteiger partial charge in [-0.25, -0.2) is 5.43 Å². The molecule has 1 aromatic rings. The number of hydrogen-bond acceptors (Lipinski definition) is 4. The van der Waals surface area contributed by atoms with Crippen LogP contribution in [0.4, 0.5) is 0 Å². The van der Waals surface area contributed by atoms with Gasteiger partial charge in [-0.15, -0.1) is 0 Å². The summed E-state index contributed by atoms with van der Waals surface area (Å²) in [6, 6.07) is 4.39. The molecule has 2 saturated carbocycles. The SMILES string of the molecule is C[C@@]12CCCC[C@@H]1[C@H]2C(=O)N/N=C/c1ccc(O)c(O)c1. The molecule has 21 heavy (non-hydrogen) atoms. The molecular weight excluding hydrogens is 268 g/mol. The molecule has 0 aromatic heterocycles. The first-order valence-electron chi connectivity index (χ1n) is 7.37. The fraction of sp³-hybridized carbons (Fsp3) is 0.500. The Hall–Kier alpha value is -2.04. The third-order valence-corrected chi connectivity index (χ3v) is 5.00. The average molecular weight is 288 g/mol. The van der Waals surface area contributed by atoms with Gasteiger partial charge in [-0.2, -0.15) is 5.10 Å². The van der Waals surface area contributed by atoms with Crippen molar-refractivity contribution in [3.8, 4) is 11.5 Å². The minimum atomic E-state index is -0.203. The first-order valence-corrected chi connectivity index (χ1v) is 7.37. The van der Waals surface area contributed by atoms with Crippen LogP contribution in [0, 0.1) is 17.3 Å². The summed E-state index contributed by atoms with van der Waals surface area (Å²) < 4.78 is 0. The van der Waals surface area contributed by atoms with E-state index >= 15 is 0 Å². The smallest absolute Gasteiger partial charge is 0.244 e. The summed E-state index contributed by atoms with van der Waals surface area (Å²) in [5, 5.41) is 22.5. The highest BCUT2D eigenvalue weighted by molar-refractivity contribution is 5.86. The van der Waals surface area contributed by atoms with E-state index in [4.69, 9.17) is 0 Å². The largest absolute Gasteiger partial charge is 0.504 e. The van der Waals surface area contributed by atoms with Crippen LogP contribution in [0.2, 0.25) is 0 Å². The molecule has 5 nitrogen and oxygen atoms in total. The van der Waals surface area contributed by atoms with Crippen LogP contribution in [0.1, 0.15) is 38.2 Å². The van der Waals surface area contributed by atoms with Crippen LogP contribution >= 0.6 is 0 Å². The van der Waals surface area contributed by atoms with Gasteiger partial charge >= 0.3 is 0 Å². The molecule has 0 unspecified atom stereocenters. The molecule has 2 fully saturated rings. The van der Waals surface area contributed by atoms with E-state index in [-0.39, 0.29) is 28.7 Å². The van der Waals surface area contributed by atoms with Gasteiger partial charge in [-0.1, -0.05) is 19.8 Å². The maximum absolute atomic E-state index is 12.2. The predicted octanol–water partition coefficient (Wildman–Crippen LogP) is 2.37. The molecule has 0 heterocycles. The second kappa shape index (κ2) is 5.06. The minimum Gasteiger partial charge on any atom is -0.504 e. The Morgan fingerprint density at radius 3 is 2.86 bits per heavy atom. The maximum atomic E-state index is 12.2. The average Bonchev–Trinajstić information content (AvgIpc) is 3.08. The van der Waals surface area contributed by atoms with Gasteiger partial charge < -0.3 is 10.2 Å². The number of aromatic hydroxyl groups is 2. The van der Waals surface area contributed by atoms with Crippen molar-refractivity contribution in [2.24, 2.45) is 22.4 Å². The van der Waals surface area contributed by atoms with E-state index in [2.05, 4.69) is 17.5 Å². The molecule has 0 radical (unpaired) electrons. The van der Waals surface area contributed by atoms with Gasteiger partial charge in [-0.3, -0.25) is 4.79 Å². The lowest BCUT2D eigenvalue weighted by atomic mass is 9.90. The summed E-state index contributed by atoms with van der Waals surface area (Å²) in [6.45, 7) is 2.20. The van der Waals surface area contributed by atoms with E-state index in [1.54, 1.807) is 6.07 Å². The first-order chi connectivity index (χ1) is 10.0. The minimum absolute atomic E-state index is 0.0105. The quantitative estimate of drug-likeness (QED) is 0.454. The number of benzene rings is 1. The van der Waals surface area contributed by atoms with Gasteiger partial charge in [0, 0.05) is 5.92 Å². The van der Waals surface area contributed by atoms with E-state index in [0.717, 1.165) is 12.8 Å². The molecule has 3 rings (SSSR count). The summed E-state index contributed by atoms with van der Waals surface area (Å²) >= 11 is 0. The summed E-state index contributed by atoms with van der Waals surface area (Å²) in [5.41, 5.74) is 3.39. The second-order valence-corrected chi connectivity index (χ2v) is 6.32. The van der Waals surface area contributed by atoms with E-state index < -0.39 is 0 Å². The topological polar surface area (TPSA) is 81.9 Å². The van der Waals surface area contributed by atoms with Gasteiger partial charge in [0.2, 0.25) is 5.91 Å². The summed E-state index contributed by atoms with van der Waals surface area (Å²) in [4.78, 5) is 12.2. The summed E-state index contributed by atoms with van der Waals surface area (Å²) in [5.74, 6) is 0.213. The number of carbonyl (C=O) groups excluding carboxylic acids is 1. The third-order valence-electron chi connectivity index (χ3n) is 5.00. The number of rotatable bonds is 3. The lowest BCUT2D eigenvalue weighted by molar-refractivity contribution is -0.123. The van der Waals surface area contributed by atoms with Crippen LogP contribution < -0.4 is 5.43 Å². The number of nitrogens with zero attached hydrogens (tertiary/aromatic N) is 1. The molecule has 0 saturated heterocycles. The van der Waals surface area contributed by atoms with Crippen molar-refractivity contribution in [3.63, 3.8) is 0 Å². The van der Waals surface area contributed by atoms with Crippen molar-refractivity contribution < 1.29 is 15.0 Å². The highest BCUT2D eigenvalue weighted by Gasteiger charge is 2.64. The lowest BCUT2D eigenvalue weighted by Gasteiger charge is -2.15. The molecule has 112 valence electrons. The Kier molecular flexibility index (Phi) is 3.35. The zero-order chi connectivity index (χ0) is 15.0. The van der Waals surface area contributed by atoms with E-state index in [1.807, 2.05) is 0 Å². The molecular formula is C16H20N2O3. The summed E-state index contributed by atoms with van der Waals surface area (Å²) in [7, 11) is 0. The highest BCUT2D eigenvalue weighted by Crippen LogP contribution is 2.66. The number of fused-ring (bicyclic) bond motifs is 1. The number of amides is 1. The van der Waals surface area contributed by atoms with Crippen LogP contribution in [0.25, 0.3) is 0 Å². The Morgan fingerprint density at radius 1 is 1.38 bits per heavy atom. The third kappa shape index (κ3) is 2.48. The molecule has 2 aliphatic carbocycles. The first kappa shape index (κ1) is 13.9. The van der Waals surface area contributed by atoms with Crippen LogP contribution in [-0.2, 0) is 4.79 Å². The number of phenols is 2. The zero-order valence-corrected chi connectivity index (χ0v) is 12.0. The van der Waals surface area contributed by atoms with Crippen LogP contribution in [0.5, 0.6) is 11.5 Å². The monoisotopic (exact) mass is 288 g/mol. The maximum Gasteiger partial charge on any atom is 0.244 e. The summed E-state index contributed by atoms with van der Waals surface area (Å²) in [6.07, 6.45) is 6.17.